The van der Waals surface area contributed by atoms with E-state index in [2.05, 4.69) is 47.9 Å². The van der Waals surface area contributed by atoms with Crippen molar-refractivity contribution in [2.24, 2.45) is 0 Å². The zero-order chi connectivity index (χ0) is 9.80. The highest BCUT2D eigenvalue weighted by Crippen LogP contribution is 2.25. The number of benzene rings is 1. The Morgan fingerprint density at radius 1 is 1.07 bits per heavy atom. The van der Waals surface area contributed by atoms with Crippen LogP contribution in [-0.4, -0.2) is 0 Å². The van der Waals surface area contributed by atoms with Gasteiger partial charge in [-0.1, -0.05) is 36.4 Å². The van der Waals surface area contributed by atoms with E-state index in [0.29, 0.717) is 0 Å². The van der Waals surface area contributed by atoms with E-state index in [1.165, 1.54) is 16.0 Å². The summed E-state index contributed by atoms with van der Waals surface area (Å²) in [7, 11) is 0. The topological polar surface area (TPSA) is 0 Å². The third kappa shape index (κ3) is 1.94. The van der Waals surface area contributed by atoms with E-state index in [9.17, 15) is 0 Å². The maximum atomic E-state index is 2.22. The smallest absolute Gasteiger partial charge is 0.0273 e. The van der Waals surface area contributed by atoms with Gasteiger partial charge >= 0.3 is 0 Å². The summed E-state index contributed by atoms with van der Waals surface area (Å²) in [5.74, 6) is 0. The van der Waals surface area contributed by atoms with E-state index in [4.69, 9.17) is 0 Å². The molecular weight excluding hydrogens is 188 g/mol. The molecule has 70 valence electrons. The number of hydrogen-bond donors (Lipinski definition) is 0. The Hall–Kier alpha value is -1.34. The average Bonchev–Trinajstić information content (AvgIpc) is 2.68. The van der Waals surface area contributed by atoms with Crippen LogP contribution in [0, 0.1) is 0 Å². The van der Waals surface area contributed by atoms with Gasteiger partial charge in [0.05, 0.1) is 0 Å². The standard InChI is InChI=1S/C13H12S/c1-2-6-13-9-12(10-14-13)11-7-4-3-5-8-11/h2-10H,1H3/b6-2+. The molecule has 0 N–H and O–H groups in total. The van der Waals surface area contributed by atoms with Gasteiger partial charge in [0, 0.05) is 4.88 Å². The second kappa shape index (κ2) is 4.25. The van der Waals surface area contributed by atoms with Crippen molar-refractivity contribution < 1.29 is 0 Å². The minimum atomic E-state index is 1.29. The monoisotopic (exact) mass is 200 g/mol. The third-order valence-electron chi connectivity index (χ3n) is 2.06. The molecule has 0 radical (unpaired) electrons. The predicted octanol–water partition coefficient (Wildman–Crippen LogP) is 4.45. The first-order valence-electron chi connectivity index (χ1n) is 4.67. The van der Waals surface area contributed by atoms with Gasteiger partial charge in [-0.25, -0.2) is 0 Å². The molecular formula is C13H12S. The Bertz CT molecular complexity index is 424. The quantitative estimate of drug-likeness (QED) is 0.672. The Kier molecular flexibility index (Phi) is 2.80. The van der Waals surface area contributed by atoms with Crippen molar-refractivity contribution >= 4 is 17.4 Å². The molecule has 0 aliphatic heterocycles. The highest BCUT2D eigenvalue weighted by atomic mass is 32.1. The molecule has 0 nitrogen and oxygen atoms in total. The molecule has 1 aromatic carbocycles. The van der Waals surface area contributed by atoms with Gasteiger partial charge in [0.25, 0.3) is 0 Å². The summed E-state index contributed by atoms with van der Waals surface area (Å²) in [5, 5.41) is 2.20. The first-order chi connectivity index (χ1) is 6.90. The molecule has 14 heavy (non-hydrogen) atoms. The Balaban J connectivity index is 2.34. The second-order valence-corrected chi connectivity index (χ2v) is 4.05. The lowest BCUT2D eigenvalue weighted by Crippen LogP contribution is -1.69. The largest absolute Gasteiger partial charge is 0.144 e. The Morgan fingerprint density at radius 2 is 1.86 bits per heavy atom. The van der Waals surface area contributed by atoms with Gasteiger partial charge in [-0.2, -0.15) is 0 Å². The van der Waals surface area contributed by atoms with Crippen LogP contribution < -0.4 is 0 Å². The molecule has 0 atom stereocenters. The van der Waals surface area contributed by atoms with Gasteiger partial charge in [-0.05, 0) is 35.6 Å². The molecule has 0 unspecified atom stereocenters. The maximum Gasteiger partial charge on any atom is 0.0273 e. The summed E-state index contributed by atoms with van der Waals surface area (Å²) in [6, 6.07) is 12.7. The predicted molar refractivity (Wildman–Crippen MR) is 64.5 cm³/mol. The first kappa shape index (κ1) is 9.22. The molecule has 1 heteroatoms. The minimum Gasteiger partial charge on any atom is -0.144 e. The maximum absolute atomic E-state index is 2.22. The lowest BCUT2D eigenvalue weighted by molar-refractivity contribution is 1.67. The van der Waals surface area contributed by atoms with E-state index in [-0.39, 0.29) is 0 Å². The third-order valence-corrected chi connectivity index (χ3v) is 2.96. The Morgan fingerprint density at radius 3 is 2.57 bits per heavy atom. The zero-order valence-electron chi connectivity index (χ0n) is 8.10. The molecule has 2 aromatic rings. The van der Waals surface area contributed by atoms with E-state index >= 15 is 0 Å². The van der Waals surface area contributed by atoms with Crippen molar-refractivity contribution in [2.75, 3.05) is 0 Å². The highest BCUT2D eigenvalue weighted by molar-refractivity contribution is 7.11. The fourth-order valence-electron chi connectivity index (χ4n) is 1.39. The van der Waals surface area contributed by atoms with Gasteiger partial charge < -0.3 is 0 Å². The van der Waals surface area contributed by atoms with E-state index in [0.717, 1.165) is 0 Å². The lowest BCUT2D eigenvalue weighted by atomic mass is 10.1. The van der Waals surface area contributed by atoms with Crippen LogP contribution in [0.3, 0.4) is 0 Å². The van der Waals surface area contributed by atoms with Crippen molar-refractivity contribution in [2.45, 2.75) is 6.92 Å². The van der Waals surface area contributed by atoms with Gasteiger partial charge in [-0.15, -0.1) is 11.3 Å². The zero-order valence-corrected chi connectivity index (χ0v) is 8.92. The fraction of sp³-hybridized carbons (Fsp3) is 0.0769. The van der Waals surface area contributed by atoms with Gasteiger partial charge in [-0.3, -0.25) is 0 Å². The van der Waals surface area contributed by atoms with Crippen molar-refractivity contribution in [1.82, 2.24) is 0 Å². The molecule has 1 heterocycles. The van der Waals surface area contributed by atoms with Crippen molar-refractivity contribution in [3.8, 4) is 11.1 Å². The highest BCUT2D eigenvalue weighted by Gasteiger charge is 1.98. The second-order valence-electron chi connectivity index (χ2n) is 3.10. The summed E-state index contributed by atoms with van der Waals surface area (Å²) >= 11 is 1.78. The summed E-state index contributed by atoms with van der Waals surface area (Å²) in [6.07, 6.45) is 4.21. The van der Waals surface area contributed by atoms with Crippen LogP contribution in [0.4, 0.5) is 0 Å². The molecule has 0 saturated heterocycles. The molecule has 0 aliphatic carbocycles. The van der Waals surface area contributed by atoms with Gasteiger partial charge in [0.1, 0.15) is 0 Å². The normalized spacial score (nSPS) is 10.9. The van der Waals surface area contributed by atoms with Gasteiger partial charge in [0.15, 0.2) is 0 Å². The molecule has 0 spiro atoms. The SMILES string of the molecule is C/C=C/c1cc(-c2ccccc2)cs1. The van der Waals surface area contributed by atoms with Crippen LogP contribution in [0.15, 0.2) is 47.9 Å². The van der Waals surface area contributed by atoms with Crippen LogP contribution >= 0.6 is 11.3 Å². The molecule has 2 rings (SSSR count). The fourth-order valence-corrected chi connectivity index (χ4v) is 2.26. The lowest BCUT2D eigenvalue weighted by Gasteiger charge is -1.94. The summed E-state index contributed by atoms with van der Waals surface area (Å²) in [5.41, 5.74) is 2.60. The van der Waals surface area contributed by atoms with Crippen molar-refractivity contribution in [3.63, 3.8) is 0 Å². The van der Waals surface area contributed by atoms with Crippen molar-refractivity contribution in [3.05, 3.63) is 52.7 Å². The van der Waals surface area contributed by atoms with Crippen molar-refractivity contribution in [1.29, 1.82) is 0 Å². The Labute approximate surface area is 88.5 Å². The number of thiophene rings is 1. The summed E-state index contributed by atoms with van der Waals surface area (Å²) < 4.78 is 0. The van der Waals surface area contributed by atoms with Gasteiger partial charge in [0.2, 0.25) is 0 Å². The molecule has 0 amide bonds. The number of allylic oxidation sites excluding steroid dienone is 1. The van der Waals surface area contributed by atoms with Crippen LogP contribution in [-0.2, 0) is 0 Å². The van der Waals surface area contributed by atoms with Crippen LogP contribution in [0.1, 0.15) is 11.8 Å². The number of hydrogen-bond acceptors (Lipinski definition) is 1. The van der Waals surface area contributed by atoms with Crippen LogP contribution in [0.25, 0.3) is 17.2 Å². The van der Waals surface area contributed by atoms with E-state index in [1.807, 2.05) is 13.0 Å². The average molecular weight is 200 g/mol. The molecule has 1 aromatic heterocycles. The van der Waals surface area contributed by atoms with E-state index < -0.39 is 0 Å². The molecule has 0 saturated carbocycles. The van der Waals surface area contributed by atoms with E-state index in [1.54, 1.807) is 11.3 Å². The summed E-state index contributed by atoms with van der Waals surface area (Å²) in [6.45, 7) is 2.04. The molecule has 0 fully saturated rings. The van der Waals surface area contributed by atoms with Crippen LogP contribution in [0.2, 0.25) is 0 Å². The number of rotatable bonds is 2. The summed E-state index contributed by atoms with van der Waals surface area (Å²) in [4.78, 5) is 1.31. The first-order valence-corrected chi connectivity index (χ1v) is 5.55. The minimum absolute atomic E-state index is 1.29. The molecule has 0 bridgehead atoms. The molecule has 0 aliphatic rings. The van der Waals surface area contributed by atoms with Crippen LogP contribution in [0.5, 0.6) is 0 Å².